The molecule has 0 spiro atoms. The van der Waals surface area contributed by atoms with Crippen molar-refractivity contribution < 1.29 is 9.53 Å². The SMILES string of the molecule is COC(=O)CC1CCN(Cc2cc(-c3cc(Cl)cc(Cl)c3)nc(N(C)c3cnc(N4CCN(C)CC4)nc3)c2)CC1. The van der Waals surface area contributed by atoms with Crippen LogP contribution < -0.4 is 9.80 Å². The number of halogens is 2. The Morgan fingerprint density at radius 1 is 0.976 bits per heavy atom. The lowest BCUT2D eigenvalue weighted by molar-refractivity contribution is -0.142. The summed E-state index contributed by atoms with van der Waals surface area (Å²) in [6.07, 6.45) is 6.15. The molecule has 1 aromatic carbocycles. The molecule has 0 bridgehead atoms. The molecule has 2 aliphatic heterocycles. The van der Waals surface area contributed by atoms with Crippen molar-refractivity contribution in [1.82, 2.24) is 24.8 Å². The van der Waals surface area contributed by atoms with Crippen molar-refractivity contribution in [2.24, 2.45) is 5.92 Å². The number of anilines is 3. The van der Waals surface area contributed by atoms with Gasteiger partial charge in [0, 0.05) is 61.8 Å². The monoisotopic (exact) mass is 597 g/mol. The second-order valence-corrected chi connectivity index (χ2v) is 11.8. The number of benzene rings is 1. The Balaban J connectivity index is 1.37. The molecule has 0 radical (unpaired) electrons. The number of carbonyl (C=O) groups excluding carboxylic acids is 1. The fourth-order valence-corrected chi connectivity index (χ4v) is 5.93. The van der Waals surface area contributed by atoms with Crippen molar-refractivity contribution in [2.45, 2.75) is 25.8 Å². The van der Waals surface area contributed by atoms with Crippen LogP contribution in [0.2, 0.25) is 10.0 Å². The number of carbonyl (C=O) groups is 1. The lowest BCUT2D eigenvalue weighted by Crippen LogP contribution is -2.45. The summed E-state index contributed by atoms with van der Waals surface area (Å²) in [6.45, 7) is 6.46. The molecule has 11 heteroatoms. The summed E-state index contributed by atoms with van der Waals surface area (Å²) in [7, 11) is 5.57. The van der Waals surface area contributed by atoms with Crippen LogP contribution in [0.3, 0.4) is 0 Å². The first-order chi connectivity index (χ1) is 19.8. The number of piperazine rings is 1. The van der Waals surface area contributed by atoms with Gasteiger partial charge >= 0.3 is 5.97 Å². The third-order valence-corrected chi connectivity index (χ3v) is 8.40. The van der Waals surface area contributed by atoms with Gasteiger partial charge in [-0.3, -0.25) is 9.69 Å². The Kier molecular flexibility index (Phi) is 9.60. The Hall–Kier alpha value is -2.98. The number of aromatic nitrogens is 3. The van der Waals surface area contributed by atoms with Gasteiger partial charge in [-0.2, -0.15) is 0 Å². The minimum absolute atomic E-state index is 0.129. The van der Waals surface area contributed by atoms with E-state index in [0.717, 1.165) is 92.9 Å². The van der Waals surface area contributed by atoms with Gasteiger partial charge in [0.05, 0.1) is 30.9 Å². The van der Waals surface area contributed by atoms with Crippen LogP contribution in [0.5, 0.6) is 0 Å². The highest BCUT2D eigenvalue weighted by atomic mass is 35.5. The number of likely N-dealkylation sites (N-methyl/N-ethyl adjacent to an activating group) is 1. The summed E-state index contributed by atoms with van der Waals surface area (Å²) in [4.78, 5) is 35.0. The molecule has 2 aromatic heterocycles. The average Bonchev–Trinajstić information content (AvgIpc) is 2.97. The number of methoxy groups -OCH3 is 1. The third-order valence-electron chi connectivity index (χ3n) is 7.97. The first-order valence-electron chi connectivity index (χ1n) is 14.0. The number of piperidine rings is 1. The van der Waals surface area contributed by atoms with Gasteiger partial charge in [-0.1, -0.05) is 23.2 Å². The maximum atomic E-state index is 11.7. The number of ether oxygens (including phenoxy) is 1. The number of esters is 1. The van der Waals surface area contributed by atoms with Crippen LogP contribution in [0.1, 0.15) is 24.8 Å². The van der Waals surface area contributed by atoms with Gasteiger partial charge in [0.2, 0.25) is 5.95 Å². The second-order valence-electron chi connectivity index (χ2n) is 11.0. The van der Waals surface area contributed by atoms with Gasteiger partial charge in [-0.25, -0.2) is 15.0 Å². The molecule has 0 amide bonds. The summed E-state index contributed by atoms with van der Waals surface area (Å²) < 4.78 is 4.86. The van der Waals surface area contributed by atoms with Crippen molar-refractivity contribution in [2.75, 3.05) is 70.3 Å². The lowest BCUT2D eigenvalue weighted by atomic mass is 9.93. The Bertz CT molecular complexity index is 1320. The topological polar surface area (TPSA) is 77.9 Å². The molecule has 0 unspecified atom stereocenters. The Morgan fingerprint density at radius 2 is 1.63 bits per heavy atom. The number of hydrogen-bond acceptors (Lipinski definition) is 9. The van der Waals surface area contributed by atoms with Crippen LogP contribution in [0, 0.1) is 5.92 Å². The van der Waals surface area contributed by atoms with Crippen LogP contribution in [-0.2, 0) is 16.1 Å². The first kappa shape index (κ1) is 29.5. The maximum absolute atomic E-state index is 11.7. The number of nitrogens with zero attached hydrogens (tertiary/aromatic N) is 7. The van der Waals surface area contributed by atoms with Gasteiger partial charge in [-0.05, 0) is 74.8 Å². The van der Waals surface area contributed by atoms with Gasteiger partial charge in [0.1, 0.15) is 5.82 Å². The van der Waals surface area contributed by atoms with Gasteiger partial charge in [0.15, 0.2) is 0 Å². The maximum Gasteiger partial charge on any atom is 0.305 e. The van der Waals surface area contributed by atoms with E-state index in [2.05, 4.69) is 43.8 Å². The molecule has 2 saturated heterocycles. The largest absolute Gasteiger partial charge is 0.469 e. The molecule has 2 fully saturated rings. The minimum Gasteiger partial charge on any atom is -0.469 e. The summed E-state index contributed by atoms with van der Waals surface area (Å²) >= 11 is 12.7. The van der Waals surface area contributed by atoms with Crippen molar-refractivity contribution >= 4 is 46.6 Å². The average molecular weight is 599 g/mol. The third kappa shape index (κ3) is 7.65. The molecule has 4 heterocycles. The molecule has 9 nitrogen and oxygen atoms in total. The molecular formula is C30H37Cl2N7O2. The molecule has 0 aliphatic carbocycles. The molecule has 5 rings (SSSR count). The number of pyridine rings is 1. The van der Waals surface area contributed by atoms with Crippen LogP contribution in [0.25, 0.3) is 11.3 Å². The molecule has 0 saturated carbocycles. The van der Waals surface area contributed by atoms with Crippen molar-refractivity contribution in [3.05, 3.63) is 58.3 Å². The highest BCUT2D eigenvalue weighted by Crippen LogP contribution is 2.31. The molecule has 2 aliphatic rings. The molecule has 3 aromatic rings. The van der Waals surface area contributed by atoms with Crippen molar-refractivity contribution in [1.29, 1.82) is 0 Å². The van der Waals surface area contributed by atoms with Gasteiger partial charge < -0.3 is 19.4 Å². The minimum atomic E-state index is -0.129. The molecule has 41 heavy (non-hydrogen) atoms. The fraction of sp³-hybridized carbons (Fsp3) is 0.467. The summed E-state index contributed by atoms with van der Waals surface area (Å²) in [6, 6.07) is 9.71. The standard InChI is InChI=1S/C30H37Cl2N7O2/c1-36-8-10-39(11-9-36)30-33-18-26(19-34-30)37(2)28-13-22(12-27(35-28)23-15-24(31)17-25(32)16-23)20-38-6-4-21(5-7-38)14-29(40)41-3/h12-13,15-19,21H,4-11,14,20H2,1-3H3. The van der Waals surface area contributed by atoms with Crippen LogP contribution in [-0.4, -0.2) is 91.2 Å². The number of rotatable bonds is 8. The zero-order valence-corrected chi connectivity index (χ0v) is 25.4. The summed E-state index contributed by atoms with van der Waals surface area (Å²) in [5, 5.41) is 1.13. The van der Waals surface area contributed by atoms with Crippen molar-refractivity contribution in [3.8, 4) is 11.3 Å². The van der Waals surface area contributed by atoms with E-state index in [1.165, 1.54) is 7.11 Å². The zero-order valence-electron chi connectivity index (χ0n) is 23.9. The molecule has 0 N–H and O–H groups in total. The van der Waals surface area contributed by atoms with E-state index in [-0.39, 0.29) is 5.97 Å². The van der Waals surface area contributed by atoms with Crippen LogP contribution in [0.4, 0.5) is 17.5 Å². The molecular weight excluding hydrogens is 561 g/mol. The second kappa shape index (κ2) is 13.3. The normalized spacial score (nSPS) is 17.0. The van der Waals surface area contributed by atoms with Crippen molar-refractivity contribution in [3.63, 3.8) is 0 Å². The van der Waals surface area contributed by atoms with E-state index in [4.69, 9.17) is 32.9 Å². The van der Waals surface area contributed by atoms with E-state index < -0.39 is 0 Å². The van der Waals surface area contributed by atoms with Crippen LogP contribution in [0.15, 0.2) is 42.7 Å². The van der Waals surface area contributed by atoms with Gasteiger partial charge in [-0.15, -0.1) is 0 Å². The smallest absolute Gasteiger partial charge is 0.305 e. The predicted molar refractivity (Wildman–Crippen MR) is 164 cm³/mol. The highest BCUT2D eigenvalue weighted by molar-refractivity contribution is 6.35. The highest BCUT2D eigenvalue weighted by Gasteiger charge is 2.23. The quantitative estimate of drug-likeness (QED) is 0.328. The zero-order chi connectivity index (χ0) is 28.9. The number of likely N-dealkylation sites (tertiary alicyclic amines) is 1. The van der Waals surface area contributed by atoms with Gasteiger partial charge in [0.25, 0.3) is 0 Å². The van der Waals surface area contributed by atoms with E-state index >= 15 is 0 Å². The Morgan fingerprint density at radius 3 is 2.27 bits per heavy atom. The first-order valence-corrected chi connectivity index (χ1v) is 14.8. The Labute approximate surface area is 252 Å². The molecule has 218 valence electrons. The van der Waals surface area contributed by atoms with E-state index in [1.807, 2.05) is 36.5 Å². The summed E-state index contributed by atoms with van der Waals surface area (Å²) in [5.74, 6) is 1.78. The summed E-state index contributed by atoms with van der Waals surface area (Å²) in [5.41, 5.74) is 3.64. The van der Waals surface area contributed by atoms with Crippen LogP contribution >= 0.6 is 23.2 Å². The van der Waals surface area contributed by atoms with E-state index in [1.54, 1.807) is 6.07 Å². The molecule has 0 atom stereocenters. The van der Waals surface area contributed by atoms with E-state index in [9.17, 15) is 4.79 Å². The van der Waals surface area contributed by atoms with E-state index in [0.29, 0.717) is 22.4 Å². The number of hydrogen-bond donors (Lipinski definition) is 0. The lowest BCUT2D eigenvalue weighted by Gasteiger charge is -2.32. The predicted octanol–water partition coefficient (Wildman–Crippen LogP) is 5.14. The fourth-order valence-electron chi connectivity index (χ4n) is 5.40.